The maximum atomic E-state index is 12.6. The lowest BCUT2D eigenvalue weighted by molar-refractivity contribution is -0.155. The Morgan fingerprint density at radius 3 is 2.27 bits per heavy atom. The third-order valence-corrected chi connectivity index (χ3v) is 6.46. The van der Waals surface area contributed by atoms with Crippen molar-refractivity contribution in [3.05, 3.63) is 29.8 Å². The molecule has 0 radical (unpaired) electrons. The van der Waals surface area contributed by atoms with Crippen molar-refractivity contribution in [1.29, 1.82) is 0 Å². The zero-order valence-corrected chi connectivity index (χ0v) is 15.6. The van der Waals surface area contributed by atoms with Gasteiger partial charge in [-0.3, -0.25) is 4.79 Å². The molecule has 1 heterocycles. The van der Waals surface area contributed by atoms with Gasteiger partial charge in [0.25, 0.3) is 5.91 Å². The fourth-order valence-corrected chi connectivity index (χ4v) is 4.05. The number of piperidine rings is 1. The summed E-state index contributed by atoms with van der Waals surface area (Å²) in [4.78, 5) is 23.0. The molecule has 0 aromatic heterocycles. The summed E-state index contributed by atoms with van der Waals surface area (Å²) in [5, 5.41) is 20.7. The number of aliphatic carboxylic acids is 1. The highest BCUT2D eigenvalue weighted by Crippen LogP contribution is 2.23. The monoisotopic (exact) mass is 384 g/mol. The molecule has 1 aromatic carbocycles. The summed E-state index contributed by atoms with van der Waals surface area (Å²) in [6, 6.07) is 5.45. The number of aliphatic hydroxyl groups is 1. The highest BCUT2D eigenvalue weighted by Gasteiger charge is 2.31. The van der Waals surface area contributed by atoms with Gasteiger partial charge in [-0.25, -0.2) is 13.2 Å². The van der Waals surface area contributed by atoms with Crippen LogP contribution in [-0.4, -0.2) is 60.0 Å². The van der Waals surface area contributed by atoms with Gasteiger partial charge in [0.15, 0.2) is 5.60 Å². The average molecular weight is 384 g/mol. The van der Waals surface area contributed by atoms with Gasteiger partial charge in [0.2, 0.25) is 10.0 Å². The van der Waals surface area contributed by atoms with Crippen LogP contribution in [0.1, 0.15) is 37.0 Å². The average Bonchev–Trinajstić information content (AvgIpc) is 2.60. The van der Waals surface area contributed by atoms with Crippen LogP contribution < -0.4 is 5.32 Å². The van der Waals surface area contributed by atoms with E-state index in [4.69, 9.17) is 5.11 Å². The molecule has 0 aliphatic carbocycles. The zero-order valence-electron chi connectivity index (χ0n) is 14.8. The van der Waals surface area contributed by atoms with Gasteiger partial charge in [0, 0.05) is 18.7 Å². The maximum absolute atomic E-state index is 12.6. The number of carbonyl (C=O) groups excluding carboxylic acids is 1. The van der Waals surface area contributed by atoms with E-state index >= 15 is 0 Å². The normalized spacial score (nSPS) is 18.9. The van der Waals surface area contributed by atoms with E-state index in [0.29, 0.717) is 19.0 Å². The number of rotatable bonds is 6. The lowest BCUT2D eigenvalue weighted by atomic mass is 10.0. The Kier molecular flexibility index (Phi) is 6.05. The fourth-order valence-electron chi connectivity index (χ4n) is 2.58. The number of carboxylic acid groups (broad SMARTS) is 1. The summed E-state index contributed by atoms with van der Waals surface area (Å²) >= 11 is 0. The van der Waals surface area contributed by atoms with Crippen molar-refractivity contribution in [2.75, 3.05) is 19.6 Å². The van der Waals surface area contributed by atoms with E-state index < -0.39 is 34.0 Å². The van der Waals surface area contributed by atoms with Crippen molar-refractivity contribution in [2.24, 2.45) is 5.92 Å². The van der Waals surface area contributed by atoms with Crippen molar-refractivity contribution in [3.63, 3.8) is 0 Å². The Morgan fingerprint density at radius 1 is 1.23 bits per heavy atom. The number of carbonyl (C=O) groups is 2. The van der Waals surface area contributed by atoms with Crippen LogP contribution >= 0.6 is 0 Å². The lowest BCUT2D eigenvalue weighted by Crippen LogP contribution is -2.46. The van der Waals surface area contributed by atoms with Crippen LogP contribution in [0, 0.1) is 5.92 Å². The summed E-state index contributed by atoms with van der Waals surface area (Å²) in [5.74, 6) is -1.53. The van der Waals surface area contributed by atoms with Crippen LogP contribution in [0.4, 0.5) is 0 Å². The number of sulfonamides is 1. The minimum Gasteiger partial charge on any atom is -0.479 e. The number of carboxylic acids is 1. The molecule has 8 nitrogen and oxygen atoms in total. The summed E-state index contributed by atoms with van der Waals surface area (Å²) in [5.41, 5.74) is -1.90. The van der Waals surface area contributed by atoms with Gasteiger partial charge in [-0.15, -0.1) is 0 Å². The van der Waals surface area contributed by atoms with Crippen LogP contribution in [0.3, 0.4) is 0 Å². The second-order valence-electron chi connectivity index (χ2n) is 6.87. The zero-order chi connectivity index (χ0) is 19.5. The molecule has 1 aliphatic heterocycles. The smallest absolute Gasteiger partial charge is 0.337 e. The van der Waals surface area contributed by atoms with Gasteiger partial charge in [0.05, 0.1) is 11.4 Å². The van der Waals surface area contributed by atoms with Gasteiger partial charge in [-0.2, -0.15) is 4.31 Å². The van der Waals surface area contributed by atoms with Crippen molar-refractivity contribution in [2.45, 2.75) is 37.2 Å². The third-order valence-electron chi connectivity index (χ3n) is 4.55. The SMILES string of the molecule is CC1CCN(S(=O)(=O)c2ccc(C(=O)NCC(C)(O)C(=O)O)cc2)CC1. The number of hydrogen-bond donors (Lipinski definition) is 3. The Bertz CT molecular complexity index is 765. The number of hydrogen-bond acceptors (Lipinski definition) is 5. The van der Waals surface area contributed by atoms with E-state index in [0.717, 1.165) is 19.8 Å². The van der Waals surface area contributed by atoms with Gasteiger partial charge in [-0.1, -0.05) is 6.92 Å². The molecule has 1 atom stereocenters. The largest absolute Gasteiger partial charge is 0.479 e. The quantitative estimate of drug-likeness (QED) is 0.662. The van der Waals surface area contributed by atoms with E-state index in [1.807, 2.05) is 0 Å². The van der Waals surface area contributed by atoms with Crippen LogP contribution in [0.15, 0.2) is 29.2 Å². The van der Waals surface area contributed by atoms with Gasteiger partial charge >= 0.3 is 5.97 Å². The topological polar surface area (TPSA) is 124 Å². The Morgan fingerprint density at radius 2 is 1.77 bits per heavy atom. The summed E-state index contributed by atoms with van der Waals surface area (Å²) < 4.78 is 26.7. The van der Waals surface area contributed by atoms with Crippen LogP contribution in [0.2, 0.25) is 0 Å². The molecule has 0 saturated carbocycles. The second-order valence-corrected chi connectivity index (χ2v) is 8.81. The number of nitrogens with one attached hydrogen (secondary N) is 1. The lowest BCUT2D eigenvalue weighted by Gasteiger charge is -2.29. The summed E-state index contributed by atoms with van der Waals surface area (Å²) in [6.45, 7) is 3.67. The van der Waals surface area contributed by atoms with Crippen LogP contribution in [0.25, 0.3) is 0 Å². The predicted octanol–water partition coefficient (Wildman–Crippen LogP) is 0.673. The highest BCUT2D eigenvalue weighted by atomic mass is 32.2. The minimum atomic E-state index is -3.59. The second kappa shape index (κ2) is 7.73. The fraction of sp³-hybridized carbons (Fsp3) is 0.529. The molecule has 1 saturated heterocycles. The van der Waals surface area contributed by atoms with E-state index in [9.17, 15) is 23.1 Å². The highest BCUT2D eigenvalue weighted by molar-refractivity contribution is 7.89. The van der Waals surface area contributed by atoms with E-state index in [-0.39, 0.29) is 10.5 Å². The molecule has 144 valence electrons. The molecule has 1 aliphatic rings. The first-order valence-electron chi connectivity index (χ1n) is 8.38. The predicted molar refractivity (Wildman–Crippen MR) is 94.2 cm³/mol. The summed E-state index contributed by atoms with van der Waals surface area (Å²) in [7, 11) is -3.59. The van der Waals surface area contributed by atoms with Crippen molar-refractivity contribution < 1.29 is 28.2 Å². The number of nitrogens with zero attached hydrogens (tertiary/aromatic N) is 1. The van der Waals surface area contributed by atoms with Crippen molar-refractivity contribution >= 4 is 21.9 Å². The maximum Gasteiger partial charge on any atom is 0.337 e. The van der Waals surface area contributed by atoms with Crippen molar-refractivity contribution in [1.82, 2.24) is 9.62 Å². The molecule has 0 spiro atoms. The molecular formula is C17H24N2O6S. The molecule has 1 fully saturated rings. The number of amides is 1. The third kappa shape index (κ3) is 4.60. The molecule has 26 heavy (non-hydrogen) atoms. The summed E-state index contributed by atoms with van der Waals surface area (Å²) in [6.07, 6.45) is 1.65. The van der Waals surface area contributed by atoms with Gasteiger partial charge in [0.1, 0.15) is 0 Å². The molecule has 3 N–H and O–H groups in total. The standard InChI is InChI=1S/C17H24N2O6S/c1-12-7-9-19(10-8-12)26(24,25)14-5-3-13(4-6-14)15(20)18-11-17(2,23)16(21)22/h3-6,12,23H,7-11H2,1-2H3,(H,18,20)(H,21,22). The first-order valence-corrected chi connectivity index (χ1v) is 9.82. The van der Waals surface area contributed by atoms with Crippen LogP contribution in [-0.2, 0) is 14.8 Å². The molecule has 1 amide bonds. The minimum absolute atomic E-state index is 0.112. The van der Waals surface area contributed by atoms with Gasteiger partial charge < -0.3 is 15.5 Å². The molecule has 0 bridgehead atoms. The van der Waals surface area contributed by atoms with Crippen LogP contribution in [0.5, 0.6) is 0 Å². The van der Waals surface area contributed by atoms with Gasteiger partial charge in [-0.05, 0) is 49.9 Å². The molecule has 2 rings (SSSR count). The van der Waals surface area contributed by atoms with E-state index in [1.165, 1.54) is 28.6 Å². The first kappa shape index (κ1) is 20.3. The Labute approximate surface area is 152 Å². The number of benzene rings is 1. The molecule has 1 aromatic rings. The Hall–Kier alpha value is -1.97. The van der Waals surface area contributed by atoms with Crippen molar-refractivity contribution in [3.8, 4) is 0 Å². The first-order chi connectivity index (χ1) is 12.0. The Balaban J connectivity index is 2.05. The van der Waals surface area contributed by atoms with E-state index in [1.54, 1.807) is 0 Å². The molecular weight excluding hydrogens is 360 g/mol. The molecule has 1 unspecified atom stereocenters. The molecule has 9 heteroatoms. The van der Waals surface area contributed by atoms with E-state index in [2.05, 4.69) is 12.2 Å².